The third-order valence-corrected chi connectivity index (χ3v) is 3.50. The second kappa shape index (κ2) is 6.25. The monoisotopic (exact) mass is 304 g/mol. The summed E-state index contributed by atoms with van der Waals surface area (Å²) >= 11 is 12.4. The zero-order valence-electron chi connectivity index (χ0n) is 11.3. The van der Waals surface area contributed by atoms with Crippen LogP contribution in [0.25, 0.3) is 17.2 Å². The van der Waals surface area contributed by atoms with Gasteiger partial charge in [0.25, 0.3) is 0 Å². The summed E-state index contributed by atoms with van der Waals surface area (Å²) in [5.41, 5.74) is 5.10. The van der Waals surface area contributed by atoms with Crippen molar-refractivity contribution in [3.63, 3.8) is 0 Å². The van der Waals surface area contributed by atoms with Crippen LogP contribution in [0.5, 0.6) is 0 Å². The molecule has 2 rings (SSSR count). The molecule has 2 aromatic carbocycles. The van der Waals surface area contributed by atoms with Gasteiger partial charge in [-0.25, -0.2) is 0 Å². The molecule has 0 fully saturated rings. The minimum absolute atomic E-state index is 0.532. The van der Waals surface area contributed by atoms with Crippen LogP contribution in [0.2, 0.25) is 10.0 Å². The van der Waals surface area contributed by atoms with Gasteiger partial charge in [-0.05, 0) is 49.3 Å². The molecule has 0 spiro atoms. The molecule has 0 aromatic heterocycles. The average Bonchev–Trinajstić information content (AvgIpc) is 2.35. The number of hydrogen-bond donors (Lipinski definition) is 0. The van der Waals surface area contributed by atoms with Crippen molar-refractivity contribution in [3.05, 3.63) is 63.1 Å². The Hall–Kier alpha value is -1.57. The standard InChI is InChI=1S/C17H14Cl2O/c1-11-6-12(2)8-13(7-11)16-9-14(18)10-17(19)15(16)4-3-5-20/h3-10H,1-2H3/b4-3+. The summed E-state index contributed by atoms with van der Waals surface area (Å²) in [5.74, 6) is 0. The Balaban J connectivity index is 2.71. The second-order valence-electron chi connectivity index (χ2n) is 4.72. The minimum Gasteiger partial charge on any atom is -0.299 e. The highest BCUT2D eigenvalue weighted by atomic mass is 35.5. The number of carbonyl (C=O) groups is 1. The Bertz CT molecular complexity index is 667. The number of benzene rings is 2. The fraction of sp³-hybridized carbons (Fsp3) is 0.118. The maximum Gasteiger partial charge on any atom is 0.142 e. The van der Waals surface area contributed by atoms with Gasteiger partial charge in [0.15, 0.2) is 0 Å². The largest absolute Gasteiger partial charge is 0.299 e. The van der Waals surface area contributed by atoms with E-state index >= 15 is 0 Å². The first-order valence-electron chi connectivity index (χ1n) is 6.21. The Morgan fingerprint density at radius 2 is 1.60 bits per heavy atom. The molecule has 20 heavy (non-hydrogen) atoms. The van der Waals surface area contributed by atoms with Crippen LogP contribution in [0.1, 0.15) is 16.7 Å². The molecule has 0 saturated carbocycles. The predicted molar refractivity (Wildman–Crippen MR) is 86.5 cm³/mol. The van der Waals surface area contributed by atoms with Crippen molar-refractivity contribution >= 4 is 35.6 Å². The summed E-state index contributed by atoms with van der Waals surface area (Å²) in [6, 6.07) is 9.81. The lowest BCUT2D eigenvalue weighted by Gasteiger charge is -2.11. The number of halogens is 2. The molecule has 0 aliphatic heterocycles. The van der Waals surface area contributed by atoms with Crippen LogP contribution in [0.15, 0.2) is 36.4 Å². The van der Waals surface area contributed by atoms with Crippen LogP contribution < -0.4 is 0 Å². The first-order valence-corrected chi connectivity index (χ1v) is 6.96. The van der Waals surface area contributed by atoms with Gasteiger partial charge in [0, 0.05) is 15.6 Å². The Morgan fingerprint density at radius 3 is 2.20 bits per heavy atom. The molecular weight excluding hydrogens is 291 g/mol. The molecule has 3 heteroatoms. The molecule has 0 aliphatic carbocycles. The first-order chi connectivity index (χ1) is 9.51. The molecular formula is C17H14Cl2O. The van der Waals surface area contributed by atoms with Gasteiger partial charge in [0.1, 0.15) is 6.29 Å². The number of aryl methyl sites for hydroxylation is 2. The van der Waals surface area contributed by atoms with Crippen molar-refractivity contribution in [1.82, 2.24) is 0 Å². The molecule has 0 amide bonds. The van der Waals surface area contributed by atoms with Crippen molar-refractivity contribution in [2.75, 3.05) is 0 Å². The molecule has 0 radical (unpaired) electrons. The van der Waals surface area contributed by atoms with Crippen LogP contribution in [-0.4, -0.2) is 6.29 Å². The van der Waals surface area contributed by atoms with Crippen LogP contribution >= 0.6 is 23.2 Å². The van der Waals surface area contributed by atoms with E-state index in [9.17, 15) is 4.79 Å². The quantitative estimate of drug-likeness (QED) is 0.541. The van der Waals surface area contributed by atoms with Crippen LogP contribution in [-0.2, 0) is 4.79 Å². The van der Waals surface area contributed by atoms with Crippen molar-refractivity contribution in [1.29, 1.82) is 0 Å². The van der Waals surface area contributed by atoms with Gasteiger partial charge in [0.2, 0.25) is 0 Å². The smallest absolute Gasteiger partial charge is 0.142 e. The second-order valence-corrected chi connectivity index (χ2v) is 5.56. The highest BCUT2D eigenvalue weighted by molar-refractivity contribution is 6.36. The molecule has 0 unspecified atom stereocenters. The third-order valence-electron chi connectivity index (χ3n) is 2.97. The van der Waals surface area contributed by atoms with Gasteiger partial charge in [0.05, 0.1) is 0 Å². The van der Waals surface area contributed by atoms with Crippen LogP contribution in [0, 0.1) is 13.8 Å². The zero-order chi connectivity index (χ0) is 14.7. The lowest BCUT2D eigenvalue weighted by Crippen LogP contribution is -1.88. The molecule has 0 heterocycles. The van der Waals surface area contributed by atoms with E-state index in [-0.39, 0.29) is 0 Å². The zero-order valence-corrected chi connectivity index (χ0v) is 12.8. The molecule has 0 aliphatic rings. The van der Waals surface area contributed by atoms with Gasteiger partial charge >= 0.3 is 0 Å². The maximum atomic E-state index is 10.6. The summed E-state index contributed by atoms with van der Waals surface area (Å²) in [6.45, 7) is 4.09. The van der Waals surface area contributed by atoms with E-state index in [0.29, 0.717) is 10.0 Å². The maximum absolute atomic E-state index is 10.6. The third kappa shape index (κ3) is 3.30. The Kier molecular flexibility index (Phi) is 4.64. The van der Waals surface area contributed by atoms with Crippen molar-refractivity contribution < 1.29 is 4.79 Å². The molecule has 0 atom stereocenters. The fourth-order valence-electron chi connectivity index (χ4n) is 2.26. The molecule has 2 aromatic rings. The highest BCUT2D eigenvalue weighted by Gasteiger charge is 2.10. The van der Waals surface area contributed by atoms with E-state index in [2.05, 4.69) is 18.2 Å². The molecule has 1 nitrogen and oxygen atoms in total. The summed E-state index contributed by atoms with van der Waals surface area (Å²) in [6.07, 6.45) is 3.87. The van der Waals surface area contributed by atoms with E-state index in [1.807, 2.05) is 19.9 Å². The molecule has 0 bridgehead atoms. The van der Waals surface area contributed by atoms with Crippen LogP contribution in [0.4, 0.5) is 0 Å². The van der Waals surface area contributed by atoms with Gasteiger partial charge in [-0.15, -0.1) is 0 Å². The Morgan fingerprint density at radius 1 is 0.950 bits per heavy atom. The lowest BCUT2D eigenvalue weighted by atomic mass is 9.96. The molecule has 0 N–H and O–H groups in total. The van der Waals surface area contributed by atoms with Crippen molar-refractivity contribution in [2.45, 2.75) is 13.8 Å². The van der Waals surface area contributed by atoms with Gasteiger partial charge in [-0.1, -0.05) is 52.5 Å². The van der Waals surface area contributed by atoms with E-state index in [1.165, 1.54) is 17.2 Å². The van der Waals surface area contributed by atoms with E-state index in [4.69, 9.17) is 23.2 Å². The van der Waals surface area contributed by atoms with Gasteiger partial charge < -0.3 is 0 Å². The first kappa shape index (κ1) is 14.8. The lowest BCUT2D eigenvalue weighted by molar-refractivity contribution is -0.104. The molecule has 0 saturated heterocycles. The van der Waals surface area contributed by atoms with Crippen molar-refractivity contribution in [2.24, 2.45) is 0 Å². The van der Waals surface area contributed by atoms with E-state index in [0.717, 1.165) is 23.0 Å². The van der Waals surface area contributed by atoms with Crippen molar-refractivity contribution in [3.8, 4) is 11.1 Å². The summed E-state index contributed by atoms with van der Waals surface area (Å²) in [7, 11) is 0. The fourth-order valence-corrected chi connectivity index (χ4v) is 2.82. The number of allylic oxidation sites excluding steroid dienone is 1. The van der Waals surface area contributed by atoms with Gasteiger partial charge in [-0.3, -0.25) is 4.79 Å². The summed E-state index contributed by atoms with van der Waals surface area (Å²) in [4.78, 5) is 10.6. The summed E-state index contributed by atoms with van der Waals surface area (Å²) < 4.78 is 0. The number of rotatable bonds is 3. The number of hydrogen-bond acceptors (Lipinski definition) is 1. The SMILES string of the molecule is Cc1cc(C)cc(-c2cc(Cl)cc(Cl)c2/C=C/C=O)c1. The van der Waals surface area contributed by atoms with E-state index in [1.54, 1.807) is 12.1 Å². The normalized spacial score (nSPS) is 11.0. The molecule has 102 valence electrons. The highest BCUT2D eigenvalue weighted by Crippen LogP contribution is 2.34. The van der Waals surface area contributed by atoms with E-state index < -0.39 is 0 Å². The number of aldehydes is 1. The minimum atomic E-state index is 0.532. The topological polar surface area (TPSA) is 17.1 Å². The van der Waals surface area contributed by atoms with Gasteiger partial charge in [-0.2, -0.15) is 0 Å². The van der Waals surface area contributed by atoms with Crippen LogP contribution in [0.3, 0.4) is 0 Å². The Labute approximate surface area is 128 Å². The predicted octanol–water partition coefficient (Wildman–Crippen LogP) is 5.49. The average molecular weight is 305 g/mol. The summed E-state index contributed by atoms with van der Waals surface area (Å²) in [5, 5.41) is 1.11. The number of carbonyl (C=O) groups excluding carboxylic acids is 1.